The van der Waals surface area contributed by atoms with Crippen LogP contribution in [0.25, 0.3) is 0 Å². The standard InChI is InChI=1S/C16H17O4P.Li.H/c1-18-10-8-12(19-2)15(13(9-10)20-3)16(17)11-6-4-5-7-14(11)21;;/h4-9H,21H2,1-3H3;;/q;+1;-1. The zero-order chi connectivity index (χ0) is 15.4. The van der Waals surface area contributed by atoms with E-state index in [-0.39, 0.29) is 26.1 Å². The SMILES string of the molecule is COc1cc(OC)c(C(=O)c2ccccc2P)c(OC)c1.[H-].[Li+]. The average Bonchev–Trinajstić information content (AvgIpc) is 2.53. The molecule has 0 amide bonds. The van der Waals surface area contributed by atoms with E-state index in [0.717, 1.165) is 5.30 Å². The molecule has 0 N–H and O–H groups in total. The maximum atomic E-state index is 12.8. The van der Waals surface area contributed by atoms with Crippen molar-refractivity contribution in [2.24, 2.45) is 0 Å². The number of hydrogen-bond acceptors (Lipinski definition) is 4. The predicted molar refractivity (Wildman–Crippen MR) is 86.4 cm³/mol. The van der Waals surface area contributed by atoms with Crippen LogP contribution in [0.15, 0.2) is 36.4 Å². The minimum atomic E-state index is -0.156. The summed E-state index contributed by atoms with van der Waals surface area (Å²) < 4.78 is 15.8. The quantitative estimate of drug-likeness (QED) is 0.427. The first-order valence-corrected chi connectivity index (χ1v) is 6.89. The van der Waals surface area contributed by atoms with Crippen LogP contribution >= 0.6 is 9.24 Å². The van der Waals surface area contributed by atoms with Crippen molar-refractivity contribution < 1.29 is 39.3 Å². The second kappa shape index (κ2) is 8.24. The van der Waals surface area contributed by atoms with Crippen molar-refractivity contribution in [3.8, 4) is 17.2 Å². The minimum absolute atomic E-state index is 0. The molecule has 6 heteroatoms. The second-order valence-electron chi connectivity index (χ2n) is 4.32. The van der Waals surface area contributed by atoms with E-state index in [4.69, 9.17) is 14.2 Å². The summed E-state index contributed by atoms with van der Waals surface area (Å²) in [4.78, 5) is 12.8. The molecule has 0 saturated heterocycles. The molecule has 0 radical (unpaired) electrons. The molecule has 0 aromatic heterocycles. The number of benzene rings is 2. The number of ether oxygens (including phenoxy) is 3. The summed E-state index contributed by atoms with van der Waals surface area (Å²) in [6.07, 6.45) is 0. The molecule has 1 unspecified atom stereocenters. The molecule has 2 aromatic rings. The van der Waals surface area contributed by atoms with Crippen molar-refractivity contribution in [3.63, 3.8) is 0 Å². The van der Waals surface area contributed by atoms with Gasteiger partial charge in [-0.2, -0.15) is 0 Å². The number of rotatable bonds is 5. The Balaban J connectivity index is 0.00000242. The molecule has 0 bridgehead atoms. The molecule has 4 nitrogen and oxygen atoms in total. The molecule has 22 heavy (non-hydrogen) atoms. The summed E-state index contributed by atoms with van der Waals surface area (Å²) in [5.74, 6) is 1.25. The Morgan fingerprint density at radius 3 is 2.00 bits per heavy atom. The molecule has 1 atom stereocenters. The molecule has 0 aliphatic rings. The van der Waals surface area contributed by atoms with Gasteiger partial charge in [-0.25, -0.2) is 0 Å². The fourth-order valence-corrected chi connectivity index (χ4v) is 2.41. The first-order chi connectivity index (χ1) is 10.1. The summed E-state index contributed by atoms with van der Waals surface area (Å²) in [6.45, 7) is 0. The van der Waals surface area contributed by atoms with Crippen LogP contribution in [0.4, 0.5) is 0 Å². The normalized spacial score (nSPS) is 9.64. The third kappa shape index (κ3) is 3.65. The Kier molecular flexibility index (Phi) is 6.96. The van der Waals surface area contributed by atoms with E-state index in [1.807, 2.05) is 18.2 Å². The summed E-state index contributed by atoms with van der Waals surface area (Å²) in [5.41, 5.74) is 0.972. The van der Waals surface area contributed by atoms with Gasteiger partial charge in [0.15, 0.2) is 0 Å². The van der Waals surface area contributed by atoms with Crippen LogP contribution in [0.1, 0.15) is 17.3 Å². The Morgan fingerprint density at radius 2 is 1.55 bits per heavy atom. The van der Waals surface area contributed by atoms with E-state index < -0.39 is 0 Å². The van der Waals surface area contributed by atoms with Gasteiger partial charge in [0.25, 0.3) is 0 Å². The van der Waals surface area contributed by atoms with E-state index in [2.05, 4.69) is 9.24 Å². The van der Waals surface area contributed by atoms with Crippen LogP contribution in [-0.2, 0) is 0 Å². The maximum absolute atomic E-state index is 12.8. The molecular formula is C16H18LiO4P. The second-order valence-corrected chi connectivity index (χ2v) is 4.95. The van der Waals surface area contributed by atoms with Crippen LogP contribution < -0.4 is 38.4 Å². The Hall–Kier alpha value is -1.46. The molecule has 112 valence electrons. The van der Waals surface area contributed by atoms with Crippen LogP contribution in [0.2, 0.25) is 0 Å². The van der Waals surface area contributed by atoms with Crippen molar-refractivity contribution >= 4 is 20.3 Å². The molecule has 0 aliphatic heterocycles. The molecule has 0 heterocycles. The molecule has 0 aliphatic carbocycles. The van der Waals surface area contributed by atoms with Crippen molar-refractivity contribution in [3.05, 3.63) is 47.5 Å². The third-order valence-corrected chi connectivity index (χ3v) is 3.65. The number of carbonyl (C=O) groups excluding carboxylic acids is 1. The third-order valence-electron chi connectivity index (χ3n) is 3.15. The zero-order valence-electron chi connectivity index (χ0n) is 14.2. The summed E-state index contributed by atoms with van der Waals surface area (Å²) in [5, 5.41) is 0.822. The van der Waals surface area contributed by atoms with Gasteiger partial charge in [-0.1, -0.05) is 24.3 Å². The number of hydrogen-bond donors (Lipinski definition) is 0. The summed E-state index contributed by atoms with van der Waals surface area (Å²) in [7, 11) is 7.13. The Labute approximate surface area is 146 Å². The Morgan fingerprint density at radius 1 is 1.00 bits per heavy atom. The smallest absolute Gasteiger partial charge is 1.00 e. The van der Waals surface area contributed by atoms with E-state index in [1.54, 1.807) is 25.3 Å². The fourth-order valence-electron chi connectivity index (χ4n) is 2.07. The van der Waals surface area contributed by atoms with Crippen LogP contribution in [0.5, 0.6) is 17.2 Å². The van der Waals surface area contributed by atoms with Gasteiger partial charge in [-0.05, 0) is 5.30 Å². The molecule has 0 fully saturated rings. The van der Waals surface area contributed by atoms with Gasteiger partial charge in [0.05, 0.1) is 21.3 Å². The van der Waals surface area contributed by atoms with Crippen molar-refractivity contribution in [2.75, 3.05) is 21.3 Å². The molecule has 2 rings (SSSR count). The van der Waals surface area contributed by atoms with Gasteiger partial charge in [0.1, 0.15) is 22.8 Å². The van der Waals surface area contributed by atoms with Crippen molar-refractivity contribution in [1.82, 2.24) is 0 Å². The zero-order valence-corrected chi connectivity index (χ0v) is 14.3. The van der Waals surface area contributed by atoms with Crippen LogP contribution in [-0.4, -0.2) is 27.1 Å². The maximum Gasteiger partial charge on any atom is 1.00 e. The monoisotopic (exact) mass is 312 g/mol. The van der Waals surface area contributed by atoms with Gasteiger partial charge >= 0.3 is 18.9 Å². The average molecular weight is 312 g/mol. The minimum Gasteiger partial charge on any atom is -1.00 e. The van der Waals surface area contributed by atoms with Gasteiger partial charge in [-0.3, -0.25) is 4.79 Å². The number of methoxy groups -OCH3 is 3. The molecular weight excluding hydrogens is 294 g/mol. The summed E-state index contributed by atoms with van der Waals surface area (Å²) >= 11 is 0. The fraction of sp³-hybridized carbons (Fsp3) is 0.188. The molecule has 2 aromatic carbocycles. The Bertz CT molecular complexity index is 654. The molecule has 0 saturated carbocycles. The van der Waals surface area contributed by atoms with Gasteiger partial charge in [-0.15, -0.1) is 9.24 Å². The van der Waals surface area contributed by atoms with Gasteiger partial charge < -0.3 is 15.6 Å². The predicted octanol–water partition coefficient (Wildman–Crippen LogP) is -0.440. The largest absolute Gasteiger partial charge is 1.00 e. The van der Waals surface area contributed by atoms with E-state index in [1.165, 1.54) is 14.2 Å². The summed E-state index contributed by atoms with van der Waals surface area (Å²) in [6, 6.07) is 10.7. The van der Waals surface area contributed by atoms with Crippen molar-refractivity contribution in [1.29, 1.82) is 0 Å². The van der Waals surface area contributed by atoms with E-state index in [9.17, 15) is 4.79 Å². The van der Waals surface area contributed by atoms with Gasteiger partial charge in [0.2, 0.25) is 5.78 Å². The van der Waals surface area contributed by atoms with Gasteiger partial charge in [0, 0.05) is 17.7 Å². The number of ketones is 1. The first kappa shape index (κ1) is 18.6. The first-order valence-electron chi connectivity index (χ1n) is 6.31. The van der Waals surface area contributed by atoms with Crippen LogP contribution in [0, 0.1) is 0 Å². The van der Waals surface area contributed by atoms with E-state index in [0.29, 0.717) is 28.4 Å². The van der Waals surface area contributed by atoms with E-state index >= 15 is 0 Å². The number of carbonyl (C=O) groups is 1. The molecule has 0 spiro atoms. The van der Waals surface area contributed by atoms with Crippen LogP contribution in [0.3, 0.4) is 0 Å². The topological polar surface area (TPSA) is 44.8 Å². The van der Waals surface area contributed by atoms with Crippen molar-refractivity contribution in [2.45, 2.75) is 0 Å².